The van der Waals surface area contributed by atoms with E-state index in [0.29, 0.717) is 0 Å². The zero-order valence-corrected chi connectivity index (χ0v) is 9.61. The molecule has 1 aromatic carbocycles. The highest BCUT2D eigenvalue weighted by Crippen LogP contribution is 2.28. The van der Waals surface area contributed by atoms with E-state index in [4.69, 9.17) is 5.11 Å². The molecule has 0 radical (unpaired) electrons. The Kier molecular flexibility index (Phi) is 3.70. The lowest BCUT2D eigenvalue weighted by Crippen LogP contribution is -2.04. The Balaban J connectivity index is 1.96. The molecule has 2 rings (SSSR count). The molecule has 0 fully saturated rings. The van der Waals surface area contributed by atoms with Crippen LogP contribution in [-0.2, 0) is 19.3 Å². The number of hydrogen-bond acceptors (Lipinski definition) is 5. The number of aliphatic hydroxyl groups excluding tert-OH is 1. The summed E-state index contributed by atoms with van der Waals surface area (Å²) in [4.78, 5) is 0. The molecule has 2 aromatic rings. The van der Waals surface area contributed by atoms with Crippen molar-refractivity contribution in [3.8, 4) is 0 Å². The van der Waals surface area contributed by atoms with Gasteiger partial charge in [-0.25, -0.2) is 0 Å². The molecule has 102 valence electrons. The quantitative estimate of drug-likeness (QED) is 0.893. The van der Waals surface area contributed by atoms with Crippen LogP contribution in [0.2, 0.25) is 0 Å². The van der Waals surface area contributed by atoms with Gasteiger partial charge in [-0.15, -0.1) is 5.10 Å². The van der Waals surface area contributed by atoms with Gasteiger partial charge in [-0.05, 0) is 11.1 Å². The van der Waals surface area contributed by atoms with E-state index in [1.165, 1.54) is 0 Å². The van der Waals surface area contributed by atoms with Gasteiger partial charge in [0.05, 0.1) is 6.61 Å². The fourth-order valence-corrected chi connectivity index (χ4v) is 1.35. The van der Waals surface area contributed by atoms with Crippen LogP contribution in [0.25, 0.3) is 0 Å². The van der Waals surface area contributed by atoms with E-state index in [-0.39, 0.29) is 19.2 Å². The van der Waals surface area contributed by atoms with Gasteiger partial charge >= 0.3 is 18.1 Å². The molecule has 8 heteroatoms. The van der Waals surface area contributed by atoms with E-state index in [0.717, 1.165) is 11.1 Å². The van der Waals surface area contributed by atoms with Gasteiger partial charge in [-0.3, -0.25) is 0 Å². The molecule has 0 aliphatic carbocycles. The van der Waals surface area contributed by atoms with Crippen LogP contribution in [-0.4, -0.2) is 15.3 Å². The summed E-state index contributed by atoms with van der Waals surface area (Å²) < 4.78 is 41.0. The Morgan fingerprint density at radius 1 is 1.11 bits per heavy atom. The maximum absolute atomic E-state index is 12.2. The van der Waals surface area contributed by atoms with Crippen molar-refractivity contribution in [1.82, 2.24) is 10.2 Å². The third-order valence-corrected chi connectivity index (χ3v) is 2.32. The Labute approximate surface area is 106 Å². The van der Waals surface area contributed by atoms with Gasteiger partial charge in [-0.2, -0.15) is 13.2 Å². The molecule has 0 atom stereocenters. The fourth-order valence-electron chi connectivity index (χ4n) is 1.35. The first-order chi connectivity index (χ1) is 8.99. The fraction of sp³-hybridized carbons (Fsp3) is 0.273. The van der Waals surface area contributed by atoms with Crippen molar-refractivity contribution < 1.29 is 22.7 Å². The highest BCUT2D eigenvalue weighted by atomic mass is 19.4. The average molecular weight is 273 g/mol. The highest BCUT2D eigenvalue weighted by molar-refractivity contribution is 5.26. The zero-order chi connectivity index (χ0) is 13.9. The second kappa shape index (κ2) is 5.27. The maximum atomic E-state index is 12.2. The summed E-state index contributed by atoms with van der Waals surface area (Å²) in [5.74, 6) is -1.38. The van der Waals surface area contributed by atoms with Crippen molar-refractivity contribution >= 4 is 6.01 Å². The molecule has 19 heavy (non-hydrogen) atoms. The minimum atomic E-state index is -4.64. The largest absolute Gasteiger partial charge is 0.470 e. The molecular formula is C11H10F3N3O2. The van der Waals surface area contributed by atoms with Crippen LogP contribution < -0.4 is 5.32 Å². The first kappa shape index (κ1) is 13.3. The summed E-state index contributed by atoms with van der Waals surface area (Å²) in [5, 5.41) is 17.6. The number of benzene rings is 1. The second-order valence-electron chi connectivity index (χ2n) is 3.74. The van der Waals surface area contributed by atoms with E-state index < -0.39 is 12.1 Å². The van der Waals surface area contributed by atoms with Gasteiger partial charge in [-0.1, -0.05) is 29.4 Å². The smallest absolute Gasteiger partial charge is 0.399 e. The molecule has 0 spiro atoms. The van der Waals surface area contributed by atoms with Crippen LogP contribution in [0.3, 0.4) is 0 Å². The number of rotatable bonds is 4. The lowest BCUT2D eigenvalue weighted by Gasteiger charge is -2.03. The number of aromatic nitrogens is 2. The molecule has 0 unspecified atom stereocenters. The zero-order valence-electron chi connectivity index (χ0n) is 9.61. The van der Waals surface area contributed by atoms with Crippen molar-refractivity contribution in [2.45, 2.75) is 19.3 Å². The van der Waals surface area contributed by atoms with Crippen molar-refractivity contribution in [1.29, 1.82) is 0 Å². The van der Waals surface area contributed by atoms with Crippen LogP contribution >= 0.6 is 0 Å². The first-order valence-electron chi connectivity index (χ1n) is 5.32. The van der Waals surface area contributed by atoms with Gasteiger partial charge in [0.25, 0.3) is 0 Å². The van der Waals surface area contributed by atoms with Gasteiger partial charge in [0, 0.05) is 6.54 Å². The van der Waals surface area contributed by atoms with Crippen molar-refractivity contribution in [3.05, 3.63) is 41.3 Å². The van der Waals surface area contributed by atoms with Crippen molar-refractivity contribution in [3.63, 3.8) is 0 Å². The molecule has 0 amide bonds. The molecule has 0 saturated carbocycles. The minimum Gasteiger partial charge on any atom is -0.399 e. The van der Waals surface area contributed by atoms with Crippen LogP contribution in [0.5, 0.6) is 0 Å². The summed E-state index contributed by atoms with van der Waals surface area (Å²) in [7, 11) is 0. The number of aliphatic hydroxyl groups is 1. The lowest BCUT2D eigenvalue weighted by atomic mass is 10.1. The molecular weight excluding hydrogens is 263 g/mol. The number of alkyl halides is 3. The summed E-state index contributed by atoms with van der Waals surface area (Å²) in [6, 6.07) is 6.61. The lowest BCUT2D eigenvalue weighted by molar-refractivity contribution is -0.156. The minimum absolute atomic E-state index is 0.0632. The molecule has 1 heterocycles. The standard InChI is InChI=1S/C11H10F3N3O2/c12-11(13,14)9-16-17-10(19-9)15-5-7-1-3-8(6-18)4-2-7/h1-4,18H,5-6H2,(H,15,17). The van der Waals surface area contributed by atoms with Crippen molar-refractivity contribution in [2.75, 3.05) is 5.32 Å². The van der Waals surface area contributed by atoms with Crippen LogP contribution in [0, 0.1) is 0 Å². The Hall–Kier alpha value is -2.09. The molecule has 2 N–H and O–H groups in total. The summed E-state index contributed by atoms with van der Waals surface area (Å²) in [5.41, 5.74) is 1.56. The molecule has 5 nitrogen and oxygen atoms in total. The summed E-state index contributed by atoms with van der Waals surface area (Å²) in [6.45, 7) is 0.178. The molecule has 0 bridgehead atoms. The molecule has 0 aliphatic rings. The van der Waals surface area contributed by atoms with Crippen molar-refractivity contribution in [2.24, 2.45) is 0 Å². The van der Waals surface area contributed by atoms with Gasteiger partial charge < -0.3 is 14.8 Å². The topological polar surface area (TPSA) is 71.2 Å². The number of halogens is 3. The highest BCUT2D eigenvalue weighted by Gasteiger charge is 2.38. The SMILES string of the molecule is OCc1ccc(CNc2nnc(C(F)(F)F)o2)cc1. The number of nitrogens with zero attached hydrogens (tertiary/aromatic N) is 2. The Morgan fingerprint density at radius 2 is 1.74 bits per heavy atom. The summed E-state index contributed by atoms with van der Waals surface area (Å²) in [6.07, 6.45) is -4.64. The van der Waals surface area contributed by atoms with Crippen LogP contribution in [0.1, 0.15) is 17.0 Å². The van der Waals surface area contributed by atoms with Gasteiger partial charge in [0.1, 0.15) is 0 Å². The number of anilines is 1. The van der Waals surface area contributed by atoms with Crippen LogP contribution in [0.15, 0.2) is 28.7 Å². The second-order valence-corrected chi connectivity index (χ2v) is 3.74. The van der Waals surface area contributed by atoms with Gasteiger partial charge in [0.15, 0.2) is 0 Å². The van der Waals surface area contributed by atoms with E-state index in [9.17, 15) is 13.2 Å². The average Bonchev–Trinajstić information content (AvgIpc) is 2.86. The number of nitrogens with one attached hydrogen (secondary N) is 1. The predicted molar refractivity (Wildman–Crippen MR) is 59.0 cm³/mol. The van der Waals surface area contributed by atoms with Gasteiger partial charge in [0.2, 0.25) is 0 Å². The number of hydrogen-bond donors (Lipinski definition) is 2. The van der Waals surface area contributed by atoms with Crippen LogP contribution in [0.4, 0.5) is 19.2 Å². The Bertz CT molecular complexity index is 537. The molecule has 1 aromatic heterocycles. The third-order valence-electron chi connectivity index (χ3n) is 2.32. The molecule has 0 aliphatic heterocycles. The summed E-state index contributed by atoms with van der Waals surface area (Å²) >= 11 is 0. The van der Waals surface area contributed by atoms with E-state index in [1.54, 1.807) is 24.3 Å². The predicted octanol–water partition coefficient (Wildman–Crippen LogP) is 2.19. The van der Waals surface area contributed by atoms with E-state index in [1.807, 2.05) is 0 Å². The van der Waals surface area contributed by atoms with E-state index in [2.05, 4.69) is 19.9 Å². The van der Waals surface area contributed by atoms with E-state index >= 15 is 0 Å². The Morgan fingerprint density at radius 3 is 2.26 bits per heavy atom. The monoisotopic (exact) mass is 273 g/mol. The molecule has 0 saturated heterocycles. The third kappa shape index (κ3) is 3.44. The first-order valence-corrected chi connectivity index (χ1v) is 5.32. The maximum Gasteiger partial charge on any atom is 0.470 e. The normalized spacial score (nSPS) is 11.6.